The van der Waals surface area contributed by atoms with E-state index >= 15 is 0 Å². The van der Waals surface area contributed by atoms with E-state index in [4.69, 9.17) is 27.8 Å². The molecule has 1 rings (SSSR count). The average molecular weight is 379 g/mol. The molecule has 120 valence electrons. The van der Waals surface area contributed by atoms with Gasteiger partial charge in [-0.2, -0.15) is 8.42 Å². The number of hydrogen-bond donors (Lipinski definition) is 3. The van der Waals surface area contributed by atoms with E-state index in [0.29, 0.717) is 5.69 Å². The van der Waals surface area contributed by atoms with Crippen LogP contribution < -0.4 is 10.0 Å². The molecule has 0 bridgehead atoms. The summed E-state index contributed by atoms with van der Waals surface area (Å²) < 4.78 is 59.0. The van der Waals surface area contributed by atoms with Gasteiger partial charge in [0.15, 0.2) is 0 Å². The second-order valence-electron chi connectivity index (χ2n) is 3.66. The van der Waals surface area contributed by atoms with Gasteiger partial charge in [-0.25, -0.2) is 17.3 Å². The molecule has 0 spiro atoms. The molecule has 1 aromatic carbocycles. The Balaban J connectivity index is 2.86. The highest BCUT2D eigenvalue weighted by Crippen LogP contribution is 2.31. The standard InChI is InChI=1S/C9H12Cl2N2O6S2/c1-12-8-4-7(11)9(5-6(8)10)20(14,15)13-2-3-19-21(16,17)18/h4-5,12-13H,2-3H2,1H3,(H,16,17,18). The van der Waals surface area contributed by atoms with Crippen molar-refractivity contribution in [3.63, 3.8) is 0 Å². The van der Waals surface area contributed by atoms with Crippen LogP contribution in [0.1, 0.15) is 0 Å². The molecule has 3 N–H and O–H groups in total. The Kier molecular flexibility index (Phi) is 6.23. The average Bonchev–Trinajstić information content (AvgIpc) is 2.35. The second-order valence-corrected chi connectivity index (χ2v) is 7.30. The van der Waals surface area contributed by atoms with Crippen LogP contribution in [-0.4, -0.2) is 41.6 Å². The van der Waals surface area contributed by atoms with Crippen LogP contribution in [-0.2, 0) is 24.6 Å². The molecule has 0 unspecified atom stereocenters. The van der Waals surface area contributed by atoms with Gasteiger partial charge in [-0.3, -0.25) is 4.55 Å². The number of nitrogens with one attached hydrogen (secondary N) is 2. The van der Waals surface area contributed by atoms with Crippen LogP contribution in [0.3, 0.4) is 0 Å². The highest BCUT2D eigenvalue weighted by molar-refractivity contribution is 7.89. The van der Waals surface area contributed by atoms with E-state index in [0.717, 1.165) is 6.07 Å². The number of rotatable bonds is 7. The highest BCUT2D eigenvalue weighted by Gasteiger charge is 2.20. The molecule has 0 fully saturated rings. The van der Waals surface area contributed by atoms with Crippen molar-refractivity contribution in [3.8, 4) is 0 Å². The molecular weight excluding hydrogens is 367 g/mol. The van der Waals surface area contributed by atoms with E-state index in [1.807, 2.05) is 0 Å². The molecule has 1 aromatic rings. The lowest BCUT2D eigenvalue weighted by atomic mass is 10.3. The summed E-state index contributed by atoms with van der Waals surface area (Å²) in [6.45, 7) is -0.956. The molecule has 0 heterocycles. The number of hydrogen-bond acceptors (Lipinski definition) is 6. The Morgan fingerprint density at radius 1 is 1.19 bits per heavy atom. The summed E-state index contributed by atoms with van der Waals surface area (Å²) in [5.41, 5.74) is 0.454. The molecule has 0 aliphatic carbocycles. The summed E-state index contributed by atoms with van der Waals surface area (Å²) in [5, 5.41) is 2.82. The summed E-state index contributed by atoms with van der Waals surface area (Å²) in [6, 6.07) is 2.49. The number of halogens is 2. The molecule has 0 aliphatic heterocycles. The van der Waals surface area contributed by atoms with Gasteiger partial charge in [0, 0.05) is 13.6 Å². The second kappa shape index (κ2) is 7.09. The van der Waals surface area contributed by atoms with E-state index in [9.17, 15) is 16.8 Å². The topological polar surface area (TPSA) is 122 Å². The summed E-state index contributed by atoms with van der Waals surface area (Å²) in [5.74, 6) is 0. The monoisotopic (exact) mass is 378 g/mol. The van der Waals surface area contributed by atoms with Crippen molar-refractivity contribution < 1.29 is 25.6 Å². The Morgan fingerprint density at radius 2 is 1.81 bits per heavy atom. The zero-order valence-corrected chi connectivity index (χ0v) is 13.8. The summed E-state index contributed by atoms with van der Waals surface area (Å²) in [4.78, 5) is -0.264. The van der Waals surface area contributed by atoms with Gasteiger partial charge in [0.25, 0.3) is 0 Å². The Bertz CT molecular complexity index is 720. The van der Waals surface area contributed by atoms with Gasteiger partial charge >= 0.3 is 10.4 Å². The van der Waals surface area contributed by atoms with Crippen molar-refractivity contribution in [3.05, 3.63) is 22.2 Å². The maximum atomic E-state index is 12.0. The van der Waals surface area contributed by atoms with Gasteiger partial charge in [0.2, 0.25) is 10.0 Å². The van der Waals surface area contributed by atoms with Crippen molar-refractivity contribution in [2.24, 2.45) is 0 Å². The molecule has 0 aliphatic rings. The first kappa shape index (κ1) is 18.4. The van der Waals surface area contributed by atoms with Crippen LogP contribution in [0.4, 0.5) is 5.69 Å². The minimum Gasteiger partial charge on any atom is -0.387 e. The third-order valence-corrected chi connectivity index (χ3v) is 4.91. The molecule has 0 atom stereocenters. The van der Waals surface area contributed by atoms with Crippen LogP contribution >= 0.6 is 23.2 Å². The zero-order chi connectivity index (χ0) is 16.3. The highest BCUT2D eigenvalue weighted by atomic mass is 35.5. The van der Waals surface area contributed by atoms with Crippen molar-refractivity contribution in [2.75, 3.05) is 25.5 Å². The summed E-state index contributed by atoms with van der Waals surface area (Å²) in [7, 11) is -7.03. The molecule has 8 nitrogen and oxygen atoms in total. The van der Waals surface area contributed by atoms with E-state index in [2.05, 4.69) is 14.2 Å². The van der Waals surface area contributed by atoms with Gasteiger partial charge in [-0.1, -0.05) is 23.2 Å². The zero-order valence-electron chi connectivity index (χ0n) is 10.6. The first-order valence-electron chi connectivity index (χ1n) is 5.35. The Labute approximate surface area is 132 Å². The fourth-order valence-electron chi connectivity index (χ4n) is 1.33. The third kappa shape index (κ3) is 5.58. The van der Waals surface area contributed by atoms with Gasteiger partial charge in [0.1, 0.15) is 4.90 Å². The molecule has 0 amide bonds. The van der Waals surface area contributed by atoms with Crippen LogP contribution in [0.15, 0.2) is 17.0 Å². The molecule has 0 saturated carbocycles. The molecule has 0 aromatic heterocycles. The summed E-state index contributed by atoms with van der Waals surface area (Å²) in [6.07, 6.45) is 0. The first-order valence-corrected chi connectivity index (χ1v) is 8.95. The van der Waals surface area contributed by atoms with Crippen LogP contribution in [0.25, 0.3) is 0 Å². The molecule has 0 radical (unpaired) electrons. The SMILES string of the molecule is CNc1cc(Cl)c(S(=O)(=O)NCCOS(=O)(=O)O)cc1Cl. The lowest BCUT2D eigenvalue weighted by molar-refractivity contribution is 0.272. The minimum atomic E-state index is -4.62. The van der Waals surface area contributed by atoms with Gasteiger partial charge in [-0.05, 0) is 12.1 Å². The van der Waals surface area contributed by atoms with Gasteiger partial charge < -0.3 is 5.32 Å². The summed E-state index contributed by atoms with van der Waals surface area (Å²) >= 11 is 11.7. The van der Waals surface area contributed by atoms with Gasteiger partial charge in [-0.15, -0.1) is 0 Å². The van der Waals surface area contributed by atoms with Crippen molar-refractivity contribution in [1.82, 2.24) is 4.72 Å². The fraction of sp³-hybridized carbons (Fsp3) is 0.333. The van der Waals surface area contributed by atoms with Crippen molar-refractivity contribution in [2.45, 2.75) is 4.90 Å². The van der Waals surface area contributed by atoms with Crippen molar-refractivity contribution in [1.29, 1.82) is 0 Å². The normalized spacial score (nSPS) is 12.4. The largest absolute Gasteiger partial charge is 0.397 e. The Hall–Kier alpha value is -0.620. The maximum Gasteiger partial charge on any atom is 0.397 e. The van der Waals surface area contributed by atoms with Crippen molar-refractivity contribution >= 4 is 49.3 Å². The maximum absolute atomic E-state index is 12.0. The predicted molar refractivity (Wildman–Crippen MR) is 78.7 cm³/mol. The number of sulfonamides is 1. The van der Waals surface area contributed by atoms with E-state index in [1.54, 1.807) is 7.05 Å². The number of anilines is 1. The lowest BCUT2D eigenvalue weighted by Crippen LogP contribution is -2.28. The van der Waals surface area contributed by atoms with E-state index < -0.39 is 27.0 Å². The quantitative estimate of drug-likeness (QED) is 0.480. The molecule has 12 heteroatoms. The smallest absolute Gasteiger partial charge is 0.387 e. The van der Waals surface area contributed by atoms with Gasteiger partial charge in [0.05, 0.1) is 22.3 Å². The van der Waals surface area contributed by atoms with Crippen LogP contribution in [0.5, 0.6) is 0 Å². The first-order chi connectivity index (χ1) is 9.57. The predicted octanol–water partition coefficient (Wildman–Crippen LogP) is 1.13. The lowest BCUT2D eigenvalue weighted by Gasteiger charge is -2.11. The number of benzene rings is 1. The Morgan fingerprint density at radius 3 is 2.33 bits per heavy atom. The fourth-order valence-corrected chi connectivity index (χ4v) is 3.51. The molecule has 0 saturated heterocycles. The molecule has 21 heavy (non-hydrogen) atoms. The molecular formula is C9H12Cl2N2O6S2. The van der Waals surface area contributed by atoms with Crippen LogP contribution in [0.2, 0.25) is 10.0 Å². The van der Waals surface area contributed by atoms with E-state index in [-0.39, 0.29) is 21.5 Å². The van der Waals surface area contributed by atoms with Crippen LogP contribution in [0, 0.1) is 0 Å². The van der Waals surface area contributed by atoms with E-state index in [1.165, 1.54) is 6.07 Å². The minimum absolute atomic E-state index is 0.0630. The third-order valence-electron chi connectivity index (χ3n) is 2.21.